The van der Waals surface area contributed by atoms with Gasteiger partial charge in [0.25, 0.3) is 0 Å². The topological polar surface area (TPSA) is 42.3 Å². The van der Waals surface area contributed by atoms with Gasteiger partial charge in [-0.15, -0.1) is 0 Å². The first kappa shape index (κ1) is 22.2. The van der Waals surface area contributed by atoms with Gasteiger partial charge >= 0.3 is 0 Å². The van der Waals surface area contributed by atoms with Gasteiger partial charge in [0.05, 0.1) is 11.4 Å². The lowest BCUT2D eigenvalue weighted by Gasteiger charge is -2.25. The van der Waals surface area contributed by atoms with E-state index < -0.39 is 10.0 Å². The predicted octanol–water partition coefficient (Wildman–Crippen LogP) is 5.20. The van der Waals surface area contributed by atoms with Crippen molar-refractivity contribution in [2.75, 3.05) is 6.54 Å². The van der Waals surface area contributed by atoms with Crippen LogP contribution in [-0.4, -0.2) is 23.8 Å². The van der Waals surface area contributed by atoms with E-state index in [1.807, 2.05) is 68.8 Å². The van der Waals surface area contributed by atoms with Gasteiger partial charge in [-0.05, 0) is 68.1 Å². The minimum Gasteiger partial charge on any atom is -0.346 e. The van der Waals surface area contributed by atoms with Crippen molar-refractivity contribution in [1.82, 2.24) is 8.87 Å². The summed E-state index contributed by atoms with van der Waals surface area (Å²) in [5.74, 6) is -0.276. The van der Waals surface area contributed by atoms with E-state index in [4.69, 9.17) is 0 Å². The molecule has 0 atom stereocenters. The van der Waals surface area contributed by atoms with E-state index in [0.29, 0.717) is 24.4 Å². The van der Waals surface area contributed by atoms with E-state index in [0.717, 1.165) is 27.9 Å². The average Bonchev–Trinajstić information content (AvgIpc) is 3.07. The molecule has 0 unspecified atom stereocenters. The van der Waals surface area contributed by atoms with Gasteiger partial charge in [-0.3, -0.25) is 0 Å². The molecule has 0 aliphatic rings. The Balaban J connectivity index is 1.93. The Kier molecular flexibility index (Phi) is 6.78. The Bertz CT molecular complexity index is 1110. The zero-order valence-electron chi connectivity index (χ0n) is 18.0. The van der Waals surface area contributed by atoms with E-state index in [1.165, 1.54) is 12.1 Å². The molecule has 6 heteroatoms. The van der Waals surface area contributed by atoms with Gasteiger partial charge in [-0.1, -0.05) is 36.8 Å². The summed E-state index contributed by atoms with van der Waals surface area (Å²) in [5.41, 5.74) is 4.30. The number of hydrogen-bond acceptors (Lipinski definition) is 2. The molecule has 0 N–H and O–H groups in total. The number of benzene rings is 2. The van der Waals surface area contributed by atoms with Gasteiger partial charge in [0.15, 0.2) is 0 Å². The lowest BCUT2D eigenvalue weighted by molar-refractivity contribution is 0.395. The van der Waals surface area contributed by atoms with Crippen molar-refractivity contribution in [2.45, 2.75) is 52.1 Å². The summed E-state index contributed by atoms with van der Waals surface area (Å²) in [6.45, 7) is 8.84. The monoisotopic (exact) mass is 428 g/mol. The summed E-state index contributed by atoms with van der Waals surface area (Å²) in [4.78, 5) is 0.393. The maximum atomic E-state index is 13.6. The van der Waals surface area contributed by atoms with Crippen LogP contribution in [0.4, 0.5) is 4.39 Å². The number of sulfonamides is 1. The van der Waals surface area contributed by atoms with Crippen LogP contribution in [0.15, 0.2) is 59.6 Å². The highest BCUT2D eigenvalue weighted by atomic mass is 32.2. The molecule has 0 aliphatic carbocycles. The highest BCUT2D eigenvalue weighted by Crippen LogP contribution is 2.27. The number of nitrogens with zero attached hydrogens (tertiary/aromatic N) is 2. The van der Waals surface area contributed by atoms with Crippen molar-refractivity contribution < 1.29 is 12.8 Å². The number of aromatic nitrogens is 1. The Morgan fingerprint density at radius 2 is 1.70 bits per heavy atom. The van der Waals surface area contributed by atoms with Crippen molar-refractivity contribution in [2.24, 2.45) is 0 Å². The van der Waals surface area contributed by atoms with Crippen molar-refractivity contribution >= 4 is 10.0 Å². The molecule has 0 spiro atoms. The summed E-state index contributed by atoms with van der Waals surface area (Å²) in [5, 5.41) is 0. The van der Waals surface area contributed by atoms with Gasteiger partial charge in [-0.25, -0.2) is 12.8 Å². The van der Waals surface area contributed by atoms with E-state index in [-0.39, 0.29) is 12.4 Å². The van der Waals surface area contributed by atoms with Crippen LogP contribution >= 0.6 is 0 Å². The molecule has 2 aromatic carbocycles. The van der Waals surface area contributed by atoms with Gasteiger partial charge < -0.3 is 4.57 Å². The molecule has 160 valence electrons. The summed E-state index contributed by atoms with van der Waals surface area (Å²) in [6.07, 6.45) is 2.62. The predicted molar refractivity (Wildman–Crippen MR) is 118 cm³/mol. The lowest BCUT2D eigenvalue weighted by Crippen LogP contribution is -2.33. The first-order chi connectivity index (χ1) is 14.2. The van der Waals surface area contributed by atoms with E-state index in [2.05, 4.69) is 0 Å². The molecule has 0 saturated carbocycles. The van der Waals surface area contributed by atoms with Crippen LogP contribution in [-0.2, 0) is 23.1 Å². The normalized spacial score (nSPS) is 11.9. The molecule has 0 saturated heterocycles. The molecular formula is C24H29FN2O2S. The fraction of sp³-hybridized carbons (Fsp3) is 0.333. The minimum atomic E-state index is -3.65. The van der Waals surface area contributed by atoms with Gasteiger partial charge in [0, 0.05) is 25.0 Å². The van der Waals surface area contributed by atoms with Crippen LogP contribution < -0.4 is 0 Å². The summed E-state index contributed by atoms with van der Waals surface area (Å²) in [6, 6.07) is 14.1. The SMILES string of the molecule is CCCN(Cc1cccn1Cc1cccc(F)c1)S(=O)(=O)c1c(C)cc(C)cc1C. The molecule has 0 radical (unpaired) electrons. The second kappa shape index (κ2) is 9.14. The third-order valence-electron chi connectivity index (χ3n) is 5.18. The average molecular weight is 429 g/mol. The molecule has 30 heavy (non-hydrogen) atoms. The summed E-state index contributed by atoms with van der Waals surface area (Å²) >= 11 is 0. The molecule has 4 nitrogen and oxygen atoms in total. The molecule has 0 fully saturated rings. The molecule has 3 aromatic rings. The number of hydrogen-bond donors (Lipinski definition) is 0. The molecular weight excluding hydrogens is 399 g/mol. The molecule has 0 aliphatic heterocycles. The van der Waals surface area contributed by atoms with Crippen molar-refractivity contribution in [3.05, 3.63) is 88.5 Å². The fourth-order valence-corrected chi connectivity index (χ4v) is 5.91. The maximum Gasteiger partial charge on any atom is 0.243 e. The highest BCUT2D eigenvalue weighted by molar-refractivity contribution is 7.89. The molecule has 0 amide bonds. The second-order valence-electron chi connectivity index (χ2n) is 7.82. The fourth-order valence-electron chi connectivity index (χ4n) is 4.00. The van der Waals surface area contributed by atoms with Crippen LogP contribution in [0.25, 0.3) is 0 Å². The second-order valence-corrected chi connectivity index (χ2v) is 9.70. The minimum absolute atomic E-state index is 0.269. The largest absolute Gasteiger partial charge is 0.346 e. The summed E-state index contributed by atoms with van der Waals surface area (Å²) < 4.78 is 44.2. The number of aryl methyl sites for hydroxylation is 3. The maximum absolute atomic E-state index is 13.6. The zero-order chi connectivity index (χ0) is 21.9. The van der Waals surface area contributed by atoms with Crippen molar-refractivity contribution in [3.8, 4) is 0 Å². The van der Waals surface area contributed by atoms with E-state index in [1.54, 1.807) is 10.4 Å². The first-order valence-corrected chi connectivity index (χ1v) is 11.6. The number of rotatable bonds is 8. The lowest BCUT2D eigenvalue weighted by atomic mass is 10.1. The standard InChI is InChI=1S/C24H29FN2O2S/c1-5-11-27(30(28,29)24-19(3)13-18(2)14-20(24)4)17-23-10-7-12-26(23)16-21-8-6-9-22(25)15-21/h6-10,12-15H,5,11,16-17H2,1-4H3. The van der Waals surface area contributed by atoms with Gasteiger partial charge in [-0.2, -0.15) is 4.31 Å². The first-order valence-electron chi connectivity index (χ1n) is 10.2. The van der Waals surface area contributed by atoms with Gasteiger partial charge in [0.2, 0.25) is 10.0 Å². The van der Waals surface area contributed by atoms with Gasteiger partial charge in [0.1, 0.15) is 5.82 Å². The zero-order valence-corrected chi connectivity index (χ0v) is 18.8. The van der Waals surface area contributed by atoms with Crippen LogP contribution in [0.3, 0.4) is 0 Å². The highest BCUT2D eigenvalue weighted by Gasteiger charge is 2.28. The Morgan fingerprint density at radius 3 is 2.33 bits per heavy atom. The van der Waals surface area contributed by atoms with Crippen LogP contribution in [0.5, 0.6) is 0 Å². The van der Waals surface area contributed by atoms with Crippen molar-refractivity contribution in [1.29, 1.82) is 0 Å². The van der Waals surface area contributed by atoms with E-state index in [9.17, 15) is 12.8 Å². The molecule has 0 bridgehead atoms. The van der Waals surface area contributed by atoms with Crippen LogP contribution in [0.1, 0.15) is 41.3 Å². The molecule has 1 aromatic heterocycles. The smallest absolute Gasteiger partial charge is 0.243 e. The van der Waals surface area contributed by atoms with Crippen LogP contribution in [0, 0.1) is 26.6 Å². The summed E-state index contributed by atoms with van der Waals surface area (Å²) in [7, 11) is -3.65. The van der Waals surface area contributed by atoms with E-state index >= 15 is 0 Å². The number of halogens is 1. The quantitative estimate of drug-likeness (QED) is 0.495. The molecule has 3 rings (SSSR count). The van der Waals surface area contributed by atoms with Crippen molar-refractivity contribution in [3.63, 3.8) is 0 Å². The third kappa shape index (κ3) is 4.82. The Morgan fingerprint density at radius 1 is 1.00 bits per heavy atom. The Labute approximate surface area is 179 Å². The Hall–Kier alpha value is -2.44. The van der Waals surface area contributed by atoms with Crippen LogP contribution in [0.2, 0.25) is 0 Å². The third-order valence-corrected chi connectivity index (χ3v) is 7.33. The molecule has 1 heterocycles.